The van der Waals surface area contributed by atoms with Crippen LogP contribution in [-0.2, 0) is 20.7 Å². The van der Waals surface area contributed by atoms with Gasteiger partial charge in [0, 0.05) is 7.11 Å². The van der Waals surface area contributed by atoms with E-state index >= 15 is 0 Å². The van der Waals surface area contributed by atoms with Crippen LogP contribution >= 0.6 is 0 Å². The lowest BCUT2D eigenvalue weighted by Gasteiger charge is -2.13. The molecular formula is C14H20O4. The van der Waals surface area contributed by atoms with Gasteiger partial charge < -0.3 is 14.6 Å². The summed E-state index contributed by atoms with van der Waals surface area (Å²) in [4.78, 5) is 11.4. The molecule has 100 valence electrons. The van der Waals surface area contributed by atoms with Crippen LogP contribution in [0.25, 0.3) is 0 Å². The molecule has 1 aromatic rings. The van der Waals surface area contributed by atoms with Gasteiger partial charge in [0.05, 0.1) is 12.7 Å². The third-order valence-corrected chi connectivity index (χ3v) is 2.70. The molecule has 0 amide bonds. The molecule has 0 saturated heterocycles. The number of aliphatic hydroxyl groups is 1. The summed E-state index contributed by atoms with van der Waals surface area (Å²) in [7, 11) is 1.65. The quantitative estimate of drug-likeness (QED) is 0.785. The van der Waals surface area contributed by atoms with Gasteiger partial charge in [-0.2, -0.15) is 0 Å². The van der Waals surface area contributed by atoms with Crippen LogP contribution in [0.1, 0.15) is 31.1 Å². The van der Waals surface area contributed by atoms with E-state index in [1.165, 1.54) is 0 Å². The van der Waals surface area contributed by atoms with E-state index in [1.807, 2.05) is 19.1 Å². The van der Waals surface area contributed by atoms with Crippen molar-refractivity contribution in [2.45, 2.75) is 32.5 Å². The van der Waals surface area contributed by atoms with Crippen molar-refractivity contribution < 1.29 is 19.4 Å². The number of aliphatic hydroxyl groups excluding tert-OH is 1. The molecule has 0 aliphatic heterocycles. The number of carbonyl (C=O) groups excluding carboxylic acids is 1. The zero-order valence-electron chi connectivity index (χ0n) is 11.1. The summed E-state index contributed by atoms with van der Waals surface area (Å²) in [5, 5.41) is 9.83. The van der Waals surface area contributed by atoms with E-state index in [0.717, 1.165) is 12.0 Å². The van der Waals surface area contributed by atoms with Crippen molar-refractivity contribution in [3.8, 4) is 0 Å². The number of hydrogen-bond donors (Lipinski definition) is 1. The third kappa shape index (κ3) is 4.13. The smallest absolute Gasteiger partial charge is 0.339 e. The first-order chi connectivity index (χ1) is 8.58. The number of rotatable bonds is 6. The maximum absolute atomic E-state index is 11.4. The lowest BCUT2D eigenvalue weighted by molar-refractivity contribution is -0.153. The minimum Gasteiger partial charge on any atom is -0.464 e. The van der Waals surface area contributed by atoms with Gasteiger partial charge in [-0.25, -0.2) is 4.79 Å². The monoisotopic (exact) mass is 252 g/mol. The molecule has 0 bridgehead atoms. The maximum atomic E-state index is 11.4. The number of esters is 1. The van der Waals surface area contributed by atoms with Crippen LogP contribution in [0, 0.1) is 0 Å². The van der Waals surface area contributed by atoms with Crippen LogP contribution in [0.4, 0.5) is 0 Å². The van der Waals surface area contributed by atoms with Gasteiger partial charge in [-0.05, 0) is 31.4 Å². The van der Waals surface area contributed by atoms with Crippen molar-refractivity contribution >= 4 is 5.97 Å². The van der Waals surface area contributed by atoms with Gasteiger partial charge in [-0.1, -0.05) is 24.3 Å². The highest BCUT2D eigenvalue weighted by molar-refractivity contribution is 5.76. The van der Waals surface area contributed by atoms with Crippen molar-refractivity contribution in [3.63, 3.8) is 0 Å². The van der Waals surface area contributed by atoms with Crippen LogP contribution in [0.2, 0.25) is 0 Å². The van der Waals surface area contributed by atoms with E-state index in [9.17, 15) is 9.90 Å². The van der Waals surface area contributed by atoms with E-state index in [2.05, 4.69) is 0 Å². The molecule has 0 radical (unpaired) electrons. The highest BCUT2D eigenvalue weighted by atomic mass is 16.5. The van der Waals surface area contributed by atoms with Crippen LogP contribution in [0.3, 0.4) is 0 Å². The minimum absolute atomic E-state index is 0.0972. The second-order valence-corrected chi connectivity index (χ2v) is 4.15. The molecule has 0 aliphatic rings. The predicted octanol–water partition coefficient (Wildman–Crippen LogP) is 1.86. The molecule has 0 fully saturated rings. The summed E-state index contributed by atoms with van der Waals surface area (Å²) in [5.41, 5.74) is 1.57. The standard InChI is InChI=1S/C14H20O4/c1-4-18-14(16)13(15)12-7-5-6-11(9-12)8-10(2)17-3/h5-7,9-10,13,15H,4,8H2,1-3H3. The Kier molecular flexibility index (Phi) is 5.82. The zero-order valence-corrected chi connectivity index (χ0v) is 11.1. The molecule has 2 unspecified atom stereocenters. The van der Waals surface area contributed by atoms with Crippen molar-refractivity contribution in [1.82, 2.24) is 0 Å². The molecule has 2 atom stereocenters. The largest absolute Gasteiger partial charge is 0.464 e. The maximum Gasteiger partial charge on any atom is 0.339 e. The van der Waals surface area contributed by atoms with Crippen molar-refractivity contribution in [3.05, 3.63) is 35.4 Å². The number of methoxy groups -OCH3 is 1. The Balaban J connectivity index is 2.78. The van der Waals surface area contributed by atoms with Crippen LogP contribution in [0.15, 0.2) is 24.3 Å². The van der Waals surface area contributed by atoms with E-state index in [4.69, 9.17) is 9.47 Å². The van der Waals surface area contributed by atoms with Gasteiger partial charge in [0.25, 0.3) is 0 Å². The molecule has 0 spiro atoms. The highest BCUT2D eigenvalue weighted by Gasteiger charge is 2.18. The molecule has 4 heteroatoms. The third-order valence-electron chi connectivity index (χ3n) is 2.70. The number of benzene rings is 1. The molecule has 0 saturated carbocycles. The molecule has 1 N–H and O–H groups in total. The Bertz CT molecular complexity index is 389. The van der Waals surface area contributed by atoms with E-state index < -0.39 is 12.1 Å². The summed E-state index contributed by atoms with van der Waals surface area (Å²) in [6.07, 6.45) is -0.386. The van der Waals surface area contributed by atoms with Crippen molar-refractivity contribution in [2.24, 2.45) is 0 Å². The fraction of sp³-hybridized carbons (Fsp3) is 0.500. The van der Waals surface area contributed by atoms with E-state index in [0.29, 0.717) is 5.56 Å². The average Bonchev–Trinajstić information content (AvgIpc) is 2.38. The van der Waals surface area contributed by atoms with Gasteiger partial charge in [0.1, 0.15) is 0 Å². The fourth-order valence-electron chi connectivity index (χ4n) is 1.66. The Morgan fingerprint density at radius 3 is 2.78 bits per heavy atom. The summed E-state index contributed by atoms with van der Waals surface area (Å²) in [5.74, 6) is -0.616. The Morgan fingerprint density at radius 2 is 2.17 bits per heavy atom. The lowest BCUT2D eigenvalue weighted by Crippen LogP contribution is -2.16. The van der Waals surface area contributed by atoms with E-state index in [1.54, 1.807) is 26.2 Å². The SMILES string of the molecule is CCOC(=O)C(O)c1cccc(CC(C)OC)c1. The molecule has 1 rings (SSSR count). The van der Waals surface area contributed by atoms with Crippen LogP contribution in [-0.4, -0.2) is 30.9 Å². The molecular weight excluding hydrogens is 232 g/mol. The van der Waals surface area contributed by atoms with Crippen LogP contribution in [0.5, 0.6) is 0 Å². The molecule has 0 aromatic heterocycles. The zero-order chi connectivity index (χ0) is 13.5. The number of hydrogen-bond acceptors (Lipinski definition) is 4. The van der Waals surface area contributed by atoms with Gasteiger partial charge in [0.15, 0.2) is 6.10 Å². The molecule has 0 aliphatic carbocycles. The van der Waals surface area contributed by atoms with E-state index in [-0.39, 0.29) is 12.7 Å². The van der Waals surface area contributed by atoms with Gasteiger partial charge in [-0.15, -0.1) is 0 Å². The average molecular weight is 252 g/mol. The van der Waals surface area contributed by atoms with Gasteiger partial charge in [-0.3, -0.25) is 0 Å². The first kappa shape index (κ1) is 14.7. The molecule has 18 heavy (non-hydrogen) atoms. The fourth-order valence-corrected chi connectivity index (χ4v) is 1.66. The highest BCUT2D eigenvalue weighted by Crippen LogP contribution is 2.17. The second-order valence-electron chi connectivity index (χ2n) is 4.15. The number of carbonyl (C=O) groups is 1. The summed E-state index contributed by atoms with van der Waals surface area (Å²) < 4.78 is 9.97. The lowest BCUT2D eigenvalue weighted by atomic mass is 10.0. The number of ether oxygens (including phenoxy) is 2. The topological polar surface area (TPSA) is 55.8 Å². The van der Waals surface area contributed by atoms with Crippen molar-refractivity contribution in [2.75, 3.05) is 13.7 Å². The van der Waals surface area contributed by atoms with Crippen LogP contribution < -0.4 is 0 Å². The van der Waals surface area contributed by atoms with Crippen molar-refractivity contribution in [1.29, 1.82) is 0 Å². The predicted molar refractivity (Wildman–Crippen MR) is 68.2 cm³/mol. The minimum atomic E-state index is -1.22. The molecule has 1 aromatic carbocycles. The first-order valence-corrected chi connectivity index (χ1v) is 6.04. The Labute approximate surface area is 108 Å². The summed E-state index contributed by atoms with van der Waals surface area (Å²) in [6, 6.07) is 7.27. The Hall–Kier alpha value is -1.39. The Morgan fingerprint density at radius 1 is 1.44 bits per heavy atom. The van der Waals surface area contributed by atoms with Gasteiger partial charge >= 0.3 is 5.97 Å². The second kappa shape index (κ2) is 7.13. The van der Waals surface area contributed by atoms with Gasteiger partial charge in [0.2, 0.25) is 0 Å². The molecule has 4 nitrogen and oxygen atoms in total. The summed E-state index contributed by atoms with van der Waals surface area (Å²) >= 11 is 0. The first-order valence-electron chi connectivity index (χ1n) is 6.04. The summed E-state index contributed by atoms with van der Waals surface area (Å²) in [6.45, 7) is 3.94. The molecule has 0 heterocycles. The normalized spacial score (nSPS) is 14.0.